The molecule has 30 heavy (non-hydrogen) atoms. The maximum Gasteiger partial charge on any atom is 0.257 e. The molecule has 1 saturated heterocycles. The molecule has 5 heteroatoms. The fourth-order valence-electron chi connectivity index (χ4n) is 4.87. The van der Waals surface area contributed by atoms with Gasteiger partial charge in [-0.05, 0) is 64.4 Å². The van der Waals surface area contributed by atoms with Gasteiger partial charge in [0.2, 0.25) is 0 Å². The van der Waals surface area contributed by atoms with Gasteiger partial charge in [-0.15, -0.1) is 0 Å². The molecule has 3 rings (SSSR count). The van der Waals surface area contributed by atoms with E-state index < -0.39 is 5.60 Å². The van der Waals surface area contributed by atoms with Crippen LogP contribution in [0.5, 0.6) is 0 Å². The molecular formula is C25H38N2O3. The predicted molar refractivity (Wildman–Crippen MR) is 120 cm³/mol. The smallest absolute Gasteiger partial charge is 0.257 e. The summed E-state index contributed by atoms with van der Waals surface area (Å²) in [4.78, 5) is 15.9. The van der Waals surface area contributed by atoms with E-state index in [0.29, 0.717) is 31.2 Å². The van der Waals surface area contributed by atoms with Gasteiger partial charge in [0.15, 0.2) is 5.60 Å². The molecule has 5 nitrogen and oxygen atoms in total. The first-order valence-electron chi connectivity index (χ1n) is 11.5. The average Bonchev–Trinajstić information content (AvgIpc) is 2.75. The Labute approximate surface area is 181 Å². The predicted octanol–water partition coefficient (Wildman–Crippen LogP) is 3.36. The highest BCUT2D eigenvalue weighted by molar-refractivity contribution is 5.87. The summed E-state index contributed by atoms with van der Waals surface area (Å²) in [5.41, 5.74) is 0.470. The summed E-state index contributed by atoms with van der Waals surface area (Å²) in [5.74, 6) is -0.453. The van der Waals surface area contributed by atoms with E-state index >= 15 is 0 Å². The lowest BCUT2D eigenvalue weighted by Gasteiger charge is -2.40. The van der Waals surface area contributed by atoms with Crippen molar-refractivity contribution >= 4 is 5.91 Å². The van der Waals surface area contributed by atoms with E-state index in [1.54, 1.807) is 0 Å². The van der Waals surface area contributed by atoms with Crippen LogP contribution in [0.3, 0.4) is 0 Å². The summed E-state index contributed by atoms with van der Waals surface area (Å²) in [6, 6.07) is 9.43. The molecular weight excluding hydrogens is 376 g/mol. The van der Waals surface area contributed by atoms with Crippen LogP contribution in [-0.2, 0) is 10.4 Å². The number of piperidine rings is 1. The molecule has 3 N–H and O–H groups in total. The Morgan fingerprint density at radius 1 is 1.10 bits per heavy atom. The molecule has 166 valence electrons. The minimum Gasteiger partial charge on any atom is -0.393 e. The van der Waals surface area contributed by atoms with Gasteiger partial charge < -0.3 is 20.4 Å². The molecule has 0 bridgehead atoms. The van der Waals surface area contributed by atoms with E-state index in [2.05, 4.69) is 30.1 Å². The lowest BCUT2D eigenvalue weighted by molar-refractivity contribution is -0.151. The second-order valence-corrected chi connectivity index (χ2v) is 9.30. The molecule has 1 heterocycles. The Hall–Kier alpha value is -1.69. The molecule has 1 amide bonds. The number of likely N-dealkylation sites (tertiary alicyclic amines) is 1. The molecule has 1 saturated carbocycles. The van der Waals surface area contributed by atoms with Gasteiger partial charge in [0.1, 0.15) is 0 Å². The van der Waals surface area contributed by atoms with Crippen molar-refractivity contribution in [1.82, 2.24) is 10.2 Å². The topological polar surface area (TPSA) is 72.8 Å². The summed E-state index contributed by atoms with van der Waals surface area (Å²) in [7, 11) is 0. The Kier molecular flexibility index (Phi) is 8.09. The number of nitrogens with zero attached hydrogens (tertiary/aromatic N) is 1. The largest absolute Gasteiger partial charge is 0.393 e. The fraction of sp³-hybridized carbons (Fsp3) is 0.640. The van der Waals surface area contributed by atoms with E-state index in [4.69, 9.17) is 0 Å². The van der Waals surface area contributed by atoms with Crippen LogP contribution in [-0.4, -0.2) is 52.8 Å². The van der Waals surface area contributed by atoms with Crippen LogP contribution in [0.15, 0.2) is 42.0 Å². The third kappa shape index (κ3) is 5.71. The Morgan fingerprint density at radius 3 is 2.33 bits per heavy atom. The normalized spacial score (nSPS) is 25.3. The standard InChI is InChI=1S/C25H38N2O3/c1-19(2)7-6-16-27-17-14-22(15-18-27)26-24(29)25(30,20-8-4-3-5-9-20)21-10-12-23(28)13-11-21/h3-5,7-9,21-23,28,30H,6,10-18H2,1-2H3,(H,26,29). The van der Waals surface area contributed by atoms with Crippen molar-refractivity contribution in [3.8, 4) is 0 Å². The van der Waals surface area contributed by atoms with Crippen LogP contribution in [0.1, 0.15) is 64.4 Å². The number of aliphatic hydroxyl groups is 2. The number of nitrogens with one attached hydrogen (secondary N) is 1. The molecule has 0 aromatic heterocycles. The van der Waals surface area contributed by atoms with Crippen LogP contribution < -0.4 is 5.32 Å². The van der Waals surface area contributed by atoms with Crippen molar-refractivity contribution < 1.29 is 15.0 Å². The zero-order valence-corrected chi connectivity index (χ0v) is 18.5. The van der Waals surface area contributed by atoms with Crippen molar-refractivity contribution in [3.05, 3.63) is 47.5 Å². The second-order valence-electron chi connectivity index (χ2n) is 9.30. The lowest BCUT2D eigenvalue weighted by atomic mass is 9.72. The second kappa shape index (κ2) is 10.6. The molecule has 1 aromatic rings. The first kappa shape index (κ1) is 23.0. The molecule has 2 aliphatic rings. The van der Waals surface area contributed by atoms with Crippen LogP contribution in [0.2, 0.25) is 0 Å². The van der Waals surface area contributed by atoms with Gasteiger partial charge in [-0.3, -0.25) is 4.79 Å². The average molecular weight is 415 g/mol. The highest BCUT2D eigenvalue weighted by Gasteiger charge is 2.47. The van der Waals surface area contributed by atoms with Crippen molar-refractivity contribution in [2.45, 2.75) is 76.5 Å². The maximum atomic E-state index is 13.4. The molecule has 1 aliphatic heterocycles. The van der Waals surface area contributed by atoms with Crippen LogP contribution in [0, 0.1) is 5.92 Å². The van der Waals surface area contributed by atoms with E-state index in [0.717, 1.165) is 38.9 Å². The Morgan fingerprint density at radius 2 is 1.73 bits per heavy atom. The molecule has 1 aromatic carbocycles. The lowest BCUT2D eigenvalue weighted by Crippen LogP contribution is -2.55. The van der Waals surface area contributed by atoms with E-state index in [9.17, 15) is 15.0 Å². The number of carbonyl (C=O) groups excluding carboxylic acids is 1. The first-order chi connectivity index (χ1) is 14.4. The highest BCUT2D eigenvalue weighted by atomic mass is 16.3. The summed E-state index contributed by atoms with van der Waals surface area (Å²) < 4.78 is 0. The third-order valence-corrected chi connectivity index (χ3v) is 6.77. The van der Waals surface area contributed by atoms with Crippen LogP contribution in [0.25, 0.3) is 0 Å². The number of rotatable bonds is 7. The number of amides is 1. The number of hydrogen-bond acceptors (Lipinski definition) is 4. The van der Waals surface area contributed by atoms with Gasteiger partial charge in [-0.1, -0.05) is 42.0 Å². The van der Waals surface area contributed by atoms with Gasteiger partial charge in [-0.25, -0.2) is 0 Å². The van der Waals surface area contributed by atoms with Gasteiger partial charge in [0.05, 0.1) is 6.10 Å². The summed E-state index contributed by atoms with van der Waals surface area (Å²) >= 11 is 0. The van der Waals surface area contributed by atoms with Crippen LogP contribution in [0.4, 0.5) is 0 Å². The van der Waals surface area contributed by atoms with Gasteiger partial charge in [0, 0.05) is 31.6 Å². The third-order valence-electron chi connectivity index (χ3n) is 6.77. The number of aliphatic hydroxyl groups excluding tert-OH is 1. The molecule has 1 unspecified atom stereocenters. The number of carbonyl (C=O) groups is 1. The molecule has 0 radical (unpaired) electrons. The van der Waals surface area contributed by atoms with E-state index in [-0.39, 0.29) is 24.0 Å². The van der Waals surface area contributed by atoms with Gasteiger partial charge in [0.25, 0.3) is 5.91 Å². The SMILES string of the molecule is CC(C)=CCCN1CCC(NC(=O)C(O)(c2ccccc2)C2CCC(O)CC2)CC1. The van der Waals surface area contributed by atoms with Gasteiger partial charge in [-0.2, -0.15) is 0 Å². The fourth-order valence-corrected chi connectivity index (χ4v) is 4.87. The summed E-state index contributed by atoms with van der Waals surface area (Å²) in [6.07, 6.45) is 7.43. The van der Waals surface area contributed by atoms with Crippen molar-refractivity contribution in [3.63, 3.8) is 0 Å². The number of hydrogen-bond donors (Lipinski definition) is 3. The zero-order chi connectivity index (χ0) is 21.6. The van der Waals surface area contributed by atoms with Crippen molar-refractivity contribution in [1.29, 1.82) is 0 Å². The first-order valence-corrected chi connectivity index (χ1v) is 11.5. The summed E-state index contributed by atoms with van der Waals surface area (Å²) in [5, 5.41) is 24.8. The van der Waals surface area contributed by atoms with E-state index in [1.165, 1.54) is 5.57 Å². The monoisotopic (exact) mass is 414 g/mol. The Balaban J connectivity index is 1.63. The molecule has 1 aliphatic carbocycles. The van der Waals surface area contributed by atoms with E-state index in [1.807, 2.05) is 30.3 Å². The van der Waals surface area contributed by atoms with Crippen molar-refractivity contribution in [2.24, 2.45) is 5.92 Å². The minimum absolute atomic E-state index is 0.0987. The van der Waals surface area contributed by atoms with Crippen molar-refractivity contribution in [2.75, 3.05) is 19.6 Å². The Bertz CT molecular complexity index is 700. The minimum atomic E-state index is -1.54. The molecule has 2 fully saturated rings. The number of allylic oxidation sites excluding steroid dienone is 1. The summed E-state index contributed by atoms with van der Waals surface area (Å²) in [6.45, 7) is 7.26. The molecule has 0 spiro atoms. The quantitative estimate of drug-likeness (QED) is 0.598. The van der Waals surface area contributed by atoms with Crippen LogP contribution >= 0.6 is 0 Å². The van der Waals surface area contributed by atoms with Gasteiger partial charge >= 0.3 is 0 Å². The zero-order valence-electron chi connectivity index (χ0n) is 18.5. The molecule has 1 atom stereocenters. The number of benzene rings is 1. The maximum absolute atomic E-state index is 13.4. The highest BCUT2D eigenvalue weighted by Crippen LogP contribution is 2.40.